The predicted octanol–water partition coefficient (Wildman–Crippen LogP) is 4.78. The van der Waals surface area contributed by atoms with Gasteiger partial charge in [-0.25, -0.2) is 0 Å². The number of anilines is 1. The van der Waals surface area contributed by atoms with Crippen LogP contribution in [-0.4, -0.2) is 25.1 Å². The Hall–Kier alpha value is -3.52. The number of hydrogen-bond acceptors (Lipinski definition) is 6. The standard InChI is InChI=1S/C19H15ClN2O6/c1-26-12-4-6-15(18(10-12)27-2)21-19(23)17-8-7-16(28-17)13-5-3-11(22(24)25)9-14(13)20/h3-10H,1-2H3,(H,21,23). The van der Waals surface area contributed by atoms with E-state index in [1.165, 1.54) is 38.5 Å². The third kappa shape index (κ3) is 3.91. The van der Waals surface area contributed by atoms with Crippen LogP contribution in [0.2, 0.25) is 5.02 Å². The van der Waals surface area contributed by atoms with Gasteiger partial charge in [0.2, 0.25) is 0 Å². The van der Waals surface area contributed by atoms with Gasteiger partial charge in [-0.1, -0.05) is 11.6 Å². The lowest BCUT2D eigenvalue weighted by Crippen LogP contribution is -2.11. The van der Waals surface area contributed by atoms with Crippen molar-refractivity contribution in [2.75, 3.05) is 19.5 Å². The summed E-state index contributed by atoms with van der Waals surface area (Å²) in [5.41, 5.74) is 0.748. The fourth-order valence-corrected chi connectivity index (χ4v) is 2.78. The Kier molecular flexibility index (Phi) is 5.51. The highest BCUT2D eigenvalue weighted by Gasteiger charge is 2.17. The van der Waals surface area contributed by atoms with Crippen molar-refractivity contribution in [2.24, 2.45) is 0 Å². The minimum absolute atomic E-state index is 0.0438. The number of carbonyl (C=O) groups is 1. The summed E-state index contributed by atoms with van der Waals surface area (Å²) in [7, 11) is 3.01. The second kappa shape index (κ2) is 8.01. The molecule has 3 aromatic rings. The quantitative estimate of drug-likeness (QED) is 0.470. The van der Waals surface area contributed by atoms with Gasteiger partial charge in [0.15, 0.2) is 5.76 Å². The highest BCUT2D eigenvalue weighted by atomic mass is 35.5. The van der Waals surface area contributed by atoms with E-state index in [0.29, 0.717) is 28.5 Å². The number of amides is 1. The Morgan fingerprint density at radius 1 is 1.11 bits per heavy atom. The summed E-state index contributed by atoms with van der Waals surface area (Å²) in [6, 6.07) is 12.0. The minimum atomic E-state index is -0.543. The number of hydrogen-bond donors (Lipinski definition) is 1. The van der Waals surface area contributed by atoms with Gasteiger partial charge in [-0.15, -0.1) is 0 Å². The zero-order chi connectivity index (χ0) is 20.3. The number of rotatable bonds is 6. The van der Waals surface area contributed by atoms with E-state index in [0.717, 1.165) is 0 Å². The summed E-state index contributed by atoms with van der Waals surface area (Å²) in [6.07, 6.45) is 0. The van der Waals surface area contributed by atoms with Gasteiger partial charge in [-0.05, 0) is 30.3 Å². The molecular weight excluding hydrogens is 388 g/mol. The third-order valence-electron chi connectivity index (χ3n) is 3.92. The topological polar surface area (TPSA) is 104 Å². The molecule has 144 valence electrons. The van der Waals surface area contributed by atoms with Crippen molar-refractivity contribution >= 4 is 28.9 Å². The van der Waals surface area contributed by atoms with E-state index in [-0.39, 0.29) is 16.5 Å². The zero-order valence-electron chi connectivity index (χ0n) is 14.9. The van der Waals surface area contributed by atoms with Crippen molar-refractivity contribution in [1.29, 1.82) is 0 Å². The number of nitrogens with one attached hydrogen (secondary N) is 1. The number of nitrogens with zero attached hydrogens (tertiary/aromatic N) is 1. The SMILES string of the molecule is COc1ccc(NC(=O)c2ccc(-c3ccc([N+](=O)[O-])cc3Cl)o2)c(OC)c1. The second-order valence-corrected chi connectivity index (χ2v) is 6.01. The van der Waals surface area contributed by atoms with Crippen LogP contribution in [0.4, 0.5) is 11.4 Å². The van der Waals surface area contributed by atoms with Crippen LogP contribution in [0, 0.1) is 10.1 Å². The van der Waals surface area contributed by atoms with Crippen LogP contribution in [0.1, 0.15) is 10.6 Å². The number of furan rings is 1. The predicted molar refractivity (Wildman–Crippen MR) is 103 cm³/mol. The van der Waals surface area contributed by atoms with Crippen LogP contribution in [0.25, 0.3) is 11.3 Å². The maximum absolute atomic E-state index is 12.5. The molecule has 1 aromatic heterocycles. The van der Waals surface area contributed by atoms with E-state index in [9.17, 15) is 14.9 Å². The Morgan fingerprint density at radius 3 is 2.54 bits per heavy atom. The van der Waals surface area contributed by atoms with Crippen molar-refractivity contribution in [3.8, 4) is 22.8 Å². The molecule has 0 aliphatic rings. The Balaban J connectivity index is 1.82. The molecule has 0 bridgehead atoms. The smallest absolute Gasteiger partial charge is 0.291 e. The molecule has 0 aliphatic carbocycles. The molecule has 2 aromatic carbocycles. The average molecular weight is 403 g/mol. The third-order valence-corrected chi connectivity index (χ3v) is 4.23. The number of carbonyl (C=O) groups excluding carboxylic acids is 1. The molecule has 0 spiro atoms. The molecule has 9 heteroatoms. The van der Waals surface area contributed by atoms with E-state index in [2.05, 4.69) is 5.32 Å². The molecular formula is C19H15ClN2O6. The van der Waals surface area contributed by atoms with E-state index >= 15 is 0 Å². The van der Waals surface area contributed by atoms with Gasteiger partial charge < -0.3 is 19.2 Å². The first kappa shape index (κ1) is 19.2. The highest BCUT2D eigenvalue weighted by Crippen LogP contribution is 2.33. The van der Waals surface area contributed by atoms with Crippen LogP contribution in [0.5, 0.6) is 11.5 Å². The van der Waals surface area contributed by atoms with Crippen molar-refractivity contribution in [3.05, 3.63) is 69.4 Å². The Labute approximate surface area is 164 Å². The van der Waals surface area contributed by atoms with Crippen LogP contribution in [0.3, 0.4) is 0 Å². The van der Waals surface area contributed by atoms with E-state index in [1.807, 2.05) is 0 Å². The Morgan fingerprint density at radius 2 is 1.89 bits per heavy atom. The lowest BCUT2D eigenvalue weighted by Gasteiger charge is -2.10. The summed E-state index contributed by atoms with van der Waals surface area (Å²) < 4.78 is 15.9. The van der Waals surface area contributed by atoms with E-state index in [1.54, 1.807) is 24.3 Å². The van der Waals surface area contributed by atoms with Crippen LogP contribution < -0.4 is 14.8 Å². The number of non-ortho nitro benzene ring substituents is 1. The molecule has 0 atom stereocenters. The average Bonchev–Trinajstić information content (AvgIpc) is 3.18. The van der Waals surface area contributed by atoms with Gasteiger partial charge in [-0.3, -0.25) is 14.9 Å². The molecule has 0 fully saturated rings. The maximum Gasteiger partial charge on any atom is 0.291 e. The van der Waals surface area contributed by atoms with Crippen LogP contribution in [-0.2, 0) is 0 Å². The van der Waals surface area contributed by atoms with Gasteiger partial charge in [0.1, 0.15) is 17.3 Å². The van der Waals surface area contributed by atoms with E-state index < -0.39 is 10.8 Å². The largest absolute Gasteiger partial charge is 0.497 e. The molecule has 0 unspecified atom stereocenters. The molecule has 1 N–H and O–H groups in total. The number of nitro benzene ring substituents is 1. The minimum Gasteiger partial charge on any atom is -0.497 e. The molecule has 1 heterocycles. The van der Waals surface area contributed by atoms with Gasteiger partial charge in [0.05, 0.1) is 29.9 Å². The molecule has 1 amide bonds. The molecule has 28 heavy (non-hydrogen) atoms. The van der Waals surface area contributed by atoms with Crippen molar-refractivity contribution in [3.63, 3.8) is 0 Å². The zero-order valence-corrected chi connectivity index (χ0v) is 15.6. The fourth-order valence-electron chi connectivity index (χ4n) is 2.51. The first-order chi connectivity index (χ1) is 13.4. The second-order valence-electron chi connectivity index (χ2n) is 5.61. The maximum atomic E-state index is 12.5. The van der Waals surface area contributed by atoms with Gasteiger partial charge in [0.25, 0.3) is 11.6 Å². The first-order valence-corrected chi connectivity index (χ1v) is 8.38. The fraction of sp³-hybridized carbons (Fsp3) is 0.105. The summed E-state index contributed by atoms with van der Waals surface area (Å²) in [4.78, 5) is 22.8. The monoisotopic (exact) mass is 402 g/mol. The molecule has 8 nitrogen and oxygen atoms in total. The summed E-state index contributed by atoms with van der Waals surface area (Å²) >= 11 is 6.10. The number of ether oxygens (including phenoxy) is 2. The number of halogens is 1. The van der Waals surface area contributed by atoms with Crippen molar-refractivity contribution < 1.29 is 23.6 Å². The number of nitro groups is 1. The van der Waals surface area contributed by atoms with E-state index in [4.69, 9.17) is 25.5 Å². The Bertz CT molecular complexity index is 1050. The number of methoxy groups -OCH3 is 2. The summed E-state index contributed by atoms with van der Waals surface area (Å²) in [5, 5.41) is 13.7. The van der Waals surface area contributed by atoms with Crippen LogP contribution >= 0.6 is 11.6 Å². The molecule has 0 radical (unpaired) electrons. The van der Waals surface area contributed by atoms with Gasteiger partial charge in [-0.2, -0.15) is 0 Å². The normalized spacial score (nSPS) is 10.4. The highest BCUT2D eigenvalue weighted by molar-refractivity contribution is 6.33. The lowest BCUT2D eigenvalue weighted by atomic mass is 10.1. The summed E-state index contributed by atoms with van der Waals surface area (Å²) in [5.74, 6) is 0.877. The molecule has 0 saturated heterocycles. The van der Waals surface area contributed by atoms with Crippen molar-refractivity contribution in [2.45, 2.75) is 0 Å². The summed E-state index contributed by atoms with van der Waals surface area (Å²) in [6.45, 7) is 0. The number of benzene rings is 2. The van der Waals surface area contributed by atoms with Gasteiger partial charge >= 0.3 is 0 Å². The van der Waals surface area contributed by atoms with Crippen molar-refractivity contribution in [1.82, 2.24) is 0 Å². The van der Waals surface area contributed by atoms with Crippen LogP contribution in [0.15, 0.2) is 52.9 Å². The molecule has 0 aliphatic heterocycles. The molecule has 0 saturated carbocycles. The first-order valence-electron chi connectivity index (χ1n) is 8.00. The molecule has 3 rings (SSSR count). The van der Waals surface area contributed by atoms with Gasteiger partial charge in [0, 0.05) is 23.8 Å². The lowest BCUT2D eigenvalue weighted by molar-refractivity contribution is -0.384.